The van der Waals surface area contributed by atoms with Crippen molar-refractivity contribution in [3.05, 3.63) is 0 Å². The van der Waals surface area contributed by atoms with E-state index in [1.807, 2.05) is 0 Å². The maximum Gasteiger partial charge on any atom is 0.335 e. The number of carboxylic acids is 1. The molecule has 0 radical (unpaired) electrons. The molecule has 0 aliphatic heterocycles. The number of hydrogen-bond donors (Lipinski definition) is 3. The number of aliphatic hydroxyl groups is 2. The van der Waals surface area contributed by atoms with Crippen LogP contribution in [0.3, 0.4) is 0 Å². The van der Waals surface area contributed by atoms with Gasteiger partial charge in [0.2, 0.25) is 0 Å². The first-order chi connectivity index (χ1) is 11.6. The van der Waals surface area contributed by atoms with Crippen molar-refractivity contribution >= 4 is 5.97 Å². The Labute approximate surface area is 148 Å². The lowest BCUT2D eigenvalue weighted by Crippen LogP contribution is -2.33. The molecule has 0 fully saturated rings. The van der Waals surface area contributed by atoms with Crippen LogP contribution < -0.4 is 0 Å². The monoisotopic (exact) mass is 344 g/mol. The van der Waals surface area contributed by atoms with Crippen molar-refractivity contribution in [3.63, 3.8) is 0 Å². The number of unbranched alkanes of at least 4 members (excludes halogenated alkanes) is 14. The van der Waals surface area contributed by atoms with E-state index >= 15 is 0 Å². The fraction of sp³-hybridized carbons (Fsp3) is 0.950. The minimum absolute atomic E-state index is 0.367. The summed E-state index contributed by atoms with van der Waals surface area (Å²) in [6, 6.07) is 0. The molecule has 0 saturated heterocycles. The Kier molecular flexibility index (Phi) is 16.8. The van der Waals surface area contributed by atoms with Crippen LogP contribution in [-0.2, 0) is 4.79 Å². The molecule has 4 heteroatoms. The van der Waals surface area contributed by atoms with E-state index in [2.05, 4.69) is 6.92 Å². The molecule has 3 N–H and O–H groups in total. The highest BCUT2D eigenvalue weighted by atomic mass is 16.4. The van der Waals surface area contributed by atoms with Crippen molar-refractivity contribution in [3.8, 4) is 0 Å². The zero-order valence-corrected chi connectivity index (χ0v) is 15.7. The summed E-state index contributed by atoms with van der Waals surface area (Å²) in [5.74, 6) is -1.34. The summed E-state index contributed by atoms with van der Waals surface area (Å²) in [4.78, 5) is 10.5. The third-order valence-electron chi connectivity index (χ3n) is 4.72. The highest BCUT2D eigenvalue weighted by Crippen LogP contribution is 2.14. The Hall–Kier alpha value is -0.610. The summed E-state index contributed by atoms with van der Waals surface area (Å²) in [7, 11) is 0. The van der Waals surface area contributed by atoms with Crippen LogP contribution in [0.4, 0.5) is 0 Å². The van der Waals surface area contributed by atoms with Crippen LogP contribution in [0.2, 0.25) is 0 Å². The van der Waals surface area contributed by atoms with Crippen LogP contribution in [0.1, 0.15) is 110 Å². The second kappa shape index (κ2) is 17.2. The zero-order chi connectivity index (χ0) is 18.0. The molecule has 4 nitrogen and oxygen atoms in total. The summed E-state index contributed by atoms with van der Waals surface area (Å²) in [6.07, 6.45) is 16.7. The van der Waals surface area contributed by atoms with E-state index < -0.39 is 18.2 Å². The van der Waals surface area contributed by atoms with Gasteiger partial charge in [0.1, 0.15) is 0 Å². The van der Waals surface area contributed by atoms with Gasteiger partial charge in [-0.1, -0.05) is 103 Å². The molecule has 0 unspecified atom stereocenters. The first-order valence-electron chi connectivity index (χ1n) is 10.2. The van der Waals surface area contributed by atoms with Crippen LogP contribution in [0, 0.1) is 0 Å². The van der Waals surface area contributed by atoms with E-state index in [9.17, 15) is 9.90 Å². The van der Waals surface area contributed by atoms with Gasteiger partial charge in [0, 0.05) is 0 Å². The normalized spacial score (nSPS) is 13.8. The number of carboxylic acid groups (broad SMARTS) is 1. The van der Waals surface area contributed by atoms with Crippen molar-refractivity contribution in [1.82, 2.24) is 0 Å². The first-order valence-corrected chi connectivity index (χ1v) is 10.2. The molecule has 0 spiro atoms. The summed E-state index contributed by atoms with van der Waals surface area (Å²) in [6.45, 7) is 2.26. The van der Waals surface area contributed by atoms with E-state index in [-0.39, 0.29) is 0 Å². The average molecular weight is 345 g/mol. The molecular weight excluding hydrogens is 304 g/mol. The fourth-order valence-corrected chi connectivity index (χ4v) is 3.05. The van der Waals surface area contributed by atoms with Crippen molar-refractivity contribution < 1.29 is 20.1 Å². The number of aliphatic carboxylic acids is 1. The third kappa shape index (κ3) is 14.9. The first kappa shape index (κ1) is 23.4. The average Bonchev–Trinajstić information content (AvgIpc) is 2.57. The predicted molar refractivity (Wildman–Crippen MR) is 99.2 cm³/mol. The largest absolute Gasteiger partial charge is 0.479 e. The highest BCUT2D eigenvalue weighted by Gasteiger charge is 2.22. The Bertz CT molecular complexity index is 281. The molecule has 0 heterocycles. The topological polar surface area (TPSA) is 77.8 Å². The minimum atomic E-state index is -1.64. The van der Waals surface area contributed by atoms with Crippen LogP contribution in [0.5, 0.6) is 0 Å². The van der Waals surface area contributed by atoms with Gasteiger partial charge in [0.05, 0.1) is 6.10 Å². The molecule has 0 saturated carbocycles. The second-order valence-electron chi connectivity index (χ2n) is 7.09. The van der Waals surface area contributed by atoms with Crippen LogP contribution >= 0.6 is 0 Å². The SMILES string of the molecule is CCCCCCCCCCCCCCCCC[C@@H](O)[C@H](O)C(=O)O. The molecule has 0 aromatic heterocycles. The number of rotatable bonds is 18. The standard InChI is InChI=1S/C20H40O4/c1-2-3-4-5-6-7-8-9-10-11-12-13-14-15-16-17-18(21)19(22)20(23)24/h18-19,21-22H,2-17H2,1H3,(H,23,24)/t18-,19+/m1/s1. The Morgan fingerprint density at radius 3 is 1.33 bits per heavy atom. The molecule has 0 aromatic rings. The van der Waals surface area contributed by atoms with Crippen LogP contribution in [0.25, 0.3) is 0 Å². The maximum atomic E-state index is 10.5. The lowest BCUT2D eigenvalue weighted by atomic mass is 10.0. The van der Waals surface area contributed by atoms with Crippen molar-refractivity contribution in [1.29, 1.82) is 0 Å². The van der Waals surface area contributed by atoms with Crippen molar-refractivity contribution in [2.75, 3.05) is 0 Å². The number of hydrogen-bond acceptors (Lipinski definition) is 3. The lowest BCUT2D eigenvalue weighted by Gasteiger charge is -2.13. The smallest absolute Gasteiger partial charge is 0.335 e. The van der Waals surface area contributed by atoms with Crippen molar-refractivity contribution in [2.24, 2.45) is 0 Å². The van der Waals surface area contributed by atoms with E-state index in [1.165, 1.54) is 77.0 Å². The van der Waals surface area contributed by atoms with Gasteiger partial charge in [0.15, 0.2) is 6.10 Å². The van der Waals surface area contributed by atoms with Crippen molar-refractivity contribution in [2.45, 2.75) is 122 Å². The summed E-state index contributed by atoms with van der Waals surface area (Å²) >= 11 is 0. The van der Waals surface area contributed by atoms with Gasteiger partial charge in [-0.05, 0) is 6.42 Å². The van der Waals surface area contributed by atoms with E-state index in [1.54, 1.807) is 0 Å². The molecule has 0 aliphatic carbocycles. The van der Waals surface area contributed by atoms with Gasteiger partial charge in [-0.15, -0.1) is 0 Å². The summed E-state index contributed by atoms with van der Waals surface area (Å²) in [5.41, 5.74) is 0. The van der Waals surface area contributed by atoms with E-state index in [0.29, 0.717) is 6.42 Å². The van der Waals surface area contributed by atoms with Gasteiger partial charge in [0.25, 0.3) is 0 Å². The van der Waals surface area contributed by atoms with Crippen LogP contribution in [-0.4, -0.2) is 33.5 Å². The van der Waals surface area contributed by atoms with E-state index in [4.69, 9.17) is 10.2 Å². The predicted octanol–water partition coefficient (Wildman–Crippen LogP) is 5.05. The molecule has 0 rings (SSSR count). The van der Waals surface area contributed by atoms with Crippen LogP contribution in [0.15, 0.2) is 0 Å². The van der Waals surface area contributed by atoms with Gasteiger partial charge in [-0.2, -0.15) is 0 Å². The third-order valence-corrected chi connectivity index (χ3v) is 4.72. The molecule has 0 bridgehead atoms. The Morgan fingerprint density at radius 1 is 0.667 bits per heavy atom. The van der Waals surface area contributed by atoms with Gasteiger partial charge < -0.3 is 15.3 Å². The van der Waals surface area contributed by atoms with Gasteiger partial charge in [-0.25, -0.2) is 4.79 Å². The molecule has 2 atom stereocenters. The minimum Gasteiger partial charge on any atom is -0.479 e. The fourth-order valence-electron chi connectivity index (χ4n) is 3.05. The lowest BCUT2D eigenvalue weighted by molar-refractivity contribution is -0.153. The zero-order valence-electron chi connectivity index (χ0n) is 15.7. The molecule has 144 valence electrons. The van der Waals surface area contributed by atoms with E-state index in [0.717, 1.165) is 19.3 Å². The maximum absolute atomic E-state index is 10.5. The second-order valence-corrected chi connectivity index (χ2v) is 7.09. The van der Waals surface area contributed by atoms with Gasteiger partial charge in [-0.3, -0.25) is 0 Å². The number of aliphatic hydroxyl groups excluding tert-OH is 2. The molecule has 0 aromatic carbocycles. The Morgan fingerprint density at radius 2 is 1.00 bits per heavy atom. The Balaban J connectivity index is 3.16. The molecule has 0 aliphatic rings. The molecule has 0 amide bonds. The molecular formula is C20H40O4. The summed E-state index contributed by atoms with van der Waals surface area (Å²) < 4.78 is 0. The van der Waals surface area contributed by atoms with Gasteiger partial charge >= 0.3 is 5.97 Å². The quantitative estimate of drug-likeness (QED) is 0.304. The number of carbonyl (C=O) groups is 1. The summed E-state index contributed by atoms with van der Waals surface area (Å²) in [5, 5.41) is 27.2. The molecule has 24 heavy (non-hydrogen) atoms. The highest BCUT2D eigenvalue weighted by molar-refractivity contribution is 5.72.